The molecule has 0 saturated heterocycles. The van der Waals surface area contributed by atoms with Crippen molar-refractivity contribution in [3.05, 3.63) is 76.0 Å². The van der Waals surface area contributed by atoms with Gasteiger partial charge in [0.05, 0.1) is 23.4 Å². The molecule has 0 unspecified atom stereocenters. The highest BCUT2D eigenvalue weighted by molar-refractivity contribution is 7.12. The van der Waals surface area contributed by atoms with Gasteiger partial charge in [-0.15, -0.1) is 11.3 Å². The smallest absolute Gasteiger partial charge is 0.265 e. The Morgan fingerprint density at radius 1 is 0.923 bits per heavy atom. The molecule has 2 aromatic carbocycles. The molecule has 2 amide bonds. The van der Waals surface area contributed by atoms with E-state index in [4.69, 9.17) is 4.74 Å². The molecule has 1 heterocycles. The predicted molar refractivity (Wildman–Crippen MR) is 104 cm³/mol. The molecule has 0 saturated carbocycles. The molecule has 1 aromatic heterocycles. The summed E-state index contributed by atoms with van der Waals surface area (Å²) in [6, 6.07) is 15.9. The number of thiophene rings is 1. The van der Waals surface area contributed by atoms with Gasteiger partial charge in [-0.3, -0.25) is 9.59 Å². The average Bonchev–Trinajstić information content (AvgIpc) is 3.19. The molecule has 2 N–H and O–H groups in total. The van der Waals surface area contributed by atoms with Gasteiger partial charge in [-0.1, -0.05) is 12.1 Å². The predicted octanol–water partition coefficient (Wildman–Crippen LogP) is 4.57. The standard InChI is InChI=1S/C20H18N2O3S/c1-13-5-10-16(21-20(24)18-4-3-11-26-18)17(12-13)22-19(23)14-6-8-15(25-2)9-7-14/h3-12H,1-2H3,(H,21,24)(H,22,23). The van der Waals surface area contributed by atoms with Crippen LogP contribution < -0.4 is 15.4 Å². The number of nitrogens with one attached hydrogen (secondary N) is 2. The summed E-state index contributed by atoms with van der Waals surface area (Å²) in [6.07, 6.45) is 0. The van der Waals surface area contributed by atoms with E-state index in [9.17, 15) is 9.59 Å². The van der Waals surface area contributed by atoms with Crippen LogP contribution in [-0.2, 0) is 0 Å². The third-order valence-corrected chi connectivity index (χ3v) is 4.64. The van der Waals surface area contributed by atoms with Gasteiger partial charge in [0.15, 0.2) is 0 Å². The van der Waals surface area contributed by atoms with Crippen molar-refractivity contribution in [2.24, 2.45) is 0 Å². The fourth-order valence-corrected chi connectivity index (χ4v) is 3.02. The molecule has 0 radical (unpaired) electrons. The van der Waals surface area contributed by atoms with Crippen LogP contribution in [0.4, 0.5) is 11.4 Å². The number of aryl methyl sites for hydroxylation is 1. The lowest BCUT2D eigenvalue weighted by molar-refractivity contribution is 0.101. The topological polar surface area (TPSA) is 67.4 Å². The van der Waals surface area contributed by atoms with E-state index in [1.807, 2.05) is 30.5 Å². The number of hydrogen-bond donors (Lipinski definition) is 2. The molecule has 0 atom stereocenters. The van der Waals surface area contributed by atoms with Gasteiger partial charge < -0.3 is 15.4 Å². The molecule has 6 heteroatoms. The van der Waals surface area contributed by atoms with Gasteiger partial charge in [-0.05, 0) is 60.3 Å². The number of hydrogen-bond acceptors (Lipinski definition) is 4. The summed E-state index contributed by atoms with van der Waals surface area (Å²) in [5.41, 5.74) is 2.58. The monoisotopic (exact) mass is 366 g/mol. The Balaban J connectivity index is 1.80. The van der Waals surface area contributed by atoms with Crippen LogP contribution in [0.15, 0.2) is 60.0 Å². The van der Waals surface area contributed by atoms with E-state index in [1.54, 1.807) is 43.5 Å². The Hall–Kier alpha value is -3.12. The SMILES string of the molecule is COc1ccc(C(=O)Nc2cc(C)ccc2NC(=O)c2cccs2)cc1. The maximum absolute atomic E-state index is 12.5. The third-order valence-electron chi connectivity index (χ3n) is 3.77. The van der Waals surface area contributed by atoms with E-state index < -0.39 is 0 Å². The number of benzene rings is 2. The van der Waals surface area contributed by atoms with Crippen molar-refractivity contribution in [3.8, 4) is 5.75 Å². The van der Waals surface area contributed by atoms with Gasteiger partial charge in [0.2, 0.25) is 0 Å². The molecule has 3 aromatic rings. The normalized spacial score (nSPS) is 10.2. The van der Waals surface area contributed by atoms with Gasteiger partial charge in [0, 0.05) is 5.56 Å². The lowest BCUT2D eigenvalue weighted by atomic mass is 10.1. The van der Waals surface area contributed by atoms with E-state index in [0.29, 0.717) is 27.6 Å². The van der Waals surface area contributed by atoms with E-state index in [2.05, 4.69) is 10.6 Å². The molecule has 132 valence electrons. The first-order valence-electron chi connectivity index (χ1n) is 7.98. The lowest BCUT2D eigenvalue weighted by Gasteiger charge is -2.13. The van der Waals surface area contributed by atoms with Crippen LogP contribution in [0.25, 0.3) is 0 Å². The quantitative estimate of drug-likeness (QED) is 0.695. The zero-order valence-electron chi connectivity index (χ0n) is 14.4. The minimum absolute atomic E-state index is 0.205. The second-order valence-electron chi connectivity index (χ2n) is 5.66. The zero-order valence-corrected chi connectivity index (χ0v) is 15.2. The summed E-state index contributed by atoms with van der Waals surface area (Å²) in [7, 11) is 1.57. The number of carbonyl (C=O) groups is 2. The average molecular weight is 366 g/mol. The molecule has 0 aliphatic heterocycles. The van der Waals surface area contributed by atoms with Gasteiger partial charge in [-0.2, -0.15) is 0 Å². The van der Waals surface area contributed by atoms with E-state index >= 15 is 0 Å². The summed E-state index contributed by atoms with van der Waals surface area (Å²) in [4.78, 5) is 25.4. The van der Waals surface area contributed by atoms with Crippen molar-refractivity contribution in [1.82, 2.24) is 0 Å². The van der Waals surface area contributed by atoms with Crippen molar-refractivity contribution in [2.75, 3.05) is 17.7 Å². The number of anilines is 2. The van der Waals surface area contributed by atoms with Crippen LogP contribution >= 0.6 is 11.3 Å². The highest BCUT2D eigenvalue weighted by Gasteiger charge is 2.13. The molecule has 0 spiro atoms. The third kappa shape index (κ3) is 4.10. The Kier molecular flexibility index (Phi) is 5.34. The minimum Gasteiger partial charge on any atom is -0.497 e. The summed E-state index contributed by atoms with van der Waals surface area (Å²) < 4.78 is 5.10. The fraction of sp³-hybridized carbons (Fsp3) is 0.100. The first-order chi connectivity index (χ1) is 12.6. The van der Waals surface area contributed by atoms with E-state index in [0.717, 1.165) is 5.56 Å². The highest BCUT2D eigenvalue weighted by Crippen LogP contribution is 2.25. The Morgan fingerprint density at radius 2 is 1.65 bits per heavy atom. The van der Waals surface area contributed by atoms with E-state index in [-0.39, 0.29) is 11.8 Å². The Labute approximate surface area is 155 Å². The second-order valence-corrected chi connectivity index (χ2v) is 6.61. The van der Waals surface area contributed by atoms with Crippen molar-refractivity contribution < 1.29 is 14.3 Å². The number of carbonyl (C=O) groups excluding carboxylic acids is 2. The zero-order chi connectivity index (χ0) is 18.5. The minimum atomic E-state index is -0.259. The number of amides is 2. The first kappa shape index (κ1) is 17.7. The highest BCUT2D eigenvalue weighted by atomic mass is 32.1. The summed E-state index contributed by atoms with van der Waals surface area (Å²) in [5.74, 6) is 0.217. The Morgan fingerprint density at radius 3 is 2.31 bits per heavy atom. The van der Waals surface area contributed by atoms with Crippen molar-refractivity contribution >= 4 is 34.5 Å². The molecule has 0 bridgehead atoms. The summed E-state index contributed by atoms with van der Waals surface area (Å²) >= 11 is 1.36. The molecule has 3 rings (SSSR count). The van der Waals surface area contributed by atoms with Gasteiger partial charge in [-0.25, -0.2) is 0 Å². The summed E-state index contributed by atoms with van der Waals surface area (Å²) in [5, 5.41) is 7.56. The number of methoxy groups -OCH3 is 1. The van der Waals surface area contributed by atoms with Gasteiger partial charge in [0.25, 0.3) is 11.8 Å². The fourth-order valence-electron chi connectivity index (χ4n) is 2.40. The second kappa shape index (κ2) is 7.84. The largest absolute Gasteiger partial charge is 0.497 e. The van der Waals surface area contributed by atoms with Crippen molar-refractivity contribution in [3.63, 3.8) is 0 Å². The number of rotatable bonds is 5. The Bertz CT molecular complexity index is 919. The molecular formula is C20H18N2O3S. The lowest BCUT2D eigenvalue weighted by Crippen LogP contribution is -2.16. The van der Waals surface area contributed by atoms with Gasteiger partial charge >= 0.3 is 0 Å². The van der Waals surface area contributed by atoms with Gasteiger partial charge in [0.1, 0.15) is 5.75 Å². The van der Waals surface area contributed by atoms with Crippen LogP contribution in [-0.4, -0.2) is 18.9 Å². The van der Waals surface area contributed by atoms with Crippen LogP contribution in [0.1, 0.15) is 25.6 Å². The molecule has 0 fully saturated rings. The molecular weight excluding hydrogens is 348 g/mol. The van der Waals surface area contributed by atoms with E-state index in [1.165, 1.54) is 11.3 Å². The molecule has 0 aliphatic carbocycles. The van der Waals surface area contributed by atoms with Crippen molar-refractivity contribution in [2.45, 2.75) is 6.92 Å². The van der Waals surface area contributed by atoms with Crippen LogP contribution in [0, 0.1) is 6.92 Å². The molecule has 5 nitrogen and oxygen atoms in total. The molecule has 26 heavy (non-hydrogen) atoms. The first-order valence-corrected chi connectivity index (χ1v) is 8.85. The maximum Gasteiger partial charge on any atom is 0.265 e. The van der Waals surface area contributed by atoms with Crippen LogP contribution in [0.5, 0.6) is 5.75 Å². The van der Waals surface area contributed by atoms with Crippen LogP contribution in [0.2, 0.25) is 0 Å². The summed E-state index contributed by atoms with van der Waals surface area (Å²) in [6.45, 7) is 1.92. The molecule has 0 aliphatic rings. The number of ether oxygens (including phenoxy) is 1. The van der Waals surface area contributed by atoms with Crippen molar-refractivity contribution in [1.29, 1.82) is 0 Å². The maximum atomic E-state index is 12.5. The van der Waals surface area contributed by atoms with Crippen LogP contribution in [0.3, 0.4) is 0 Å².